The first-order valence-electron chi connectivity index (χ1n) is 8.57. The van der Waals surface area contributed by atoms with Crippen molar-refractivity contribution in [2.45, 2.75) is 19.1 Å². The van der Waals surface area contributed by atoms with Gasteiger partial charge < -0.3 is 14.1 Å². The lowest BCUT2D eigenvalue weighted by molar-refractivity contribution is -0.137. The van der Waals surface area contributed by atoms with Gasteiger partial charge in [0.05, 0.1) is 17.5 Å². The number of furan rings is 1. The van der Waals surface area contributed by atoms with Gasteiger partial charge in [-0.15, -0.1) is 0 Å². The topological polar surface area (TPSA) is 45.7 Å². The Balaban J connectivity index is 1.81. The average molecular weight is 364 g/mol. The molecule has 0 bridgehead atoms. The molecule has 1 N–H and O–H groups in total. The van der Waals surface area contributed by atoms with E-state index < -0.39 is 11.7 Å². The third-order valence-electron chi connectivity index (χ3n) is 4.61. The SMILES string of the molecule is FC(F)(F)c1ccc2nc(-c3ccco3)c(CN3CCCNCC3)n2c1. The molecular weight excluding hydrogens is 345 g/mol. The molecule has 1 saturated heterocycles. The van der Waals surface area contributed by atoms with E-state index in [4.69, 9.17) is 4.42 Å². The molecule has 0 unspecified atom stereocenters. The molecule has 4 heterocycles. The predicted octanol–water partition coefficient (Wildman–Crippen LogP) is 3.41. The highest BCUT2D eigenvalue weighted by atomic mass is 19.4. The fourth-order valence-corrected chi connectivity index (χ4v) is 3.29. The minimum absolute atomic E-state index is 0.479. The molecule has 0 saturated carbocycles. The Morgan fingerprint density at radius 1 is 1.15 bits per heavy atom. The lowest BCUT2D eigenvalue weighted by atomic mass is 10.2. The number of aromatic nitrogens is 2. The van der Waals surface area contributed by atoms with E-state index in [9.17, 15) is 13.2 Å². The van der Waals surface area contributed by atoms with E-state index in [0.717, 1.165) is 44.9 Å². The van der Waals surface area contributed by atoms with Crippen molar-refractivity contribution < 1.29 is 17.6 Å². The molecule has 0 aliphatic carbocycles. The monoisotopic (exact) mass is 364 g/mol. The number of hydrogen-bond acceptors (Lipinski definition) is 4. The summed E-state index contributed by atoms with van der Waals surface area (Å²) >= 11 is 0. The van der Waals surface area contributed by atoms with Crippen molar-refractivity contribution in [3.8, 4) is 11.5 Å². The van der Waals surface area contributed by atoms with Crippen LogP contribution < -0.4 is 5.32 Å². The number of fused-ring (bicyclic) bond motifs is 1. The van der Waals surface area contributed by atoms with Crippen molar-refractivity contribution in [1.82, 2.24) is 19.6 Å². The molecule has 8 heteroatoms. The van der Waals surface area contributed by atoms with Crippen molar-refractivity contribution in [3.05, 3.63) is 48.0 Å². The van der Waals surface area contributed by atoms with Gasteiger partial charge in [0.25, 0.3) is 0 Å². The van der Waals surface area contributed by atoms with Crippen LogP contribution in [0.3, 0.4) is 0 Å². The molecule has 3 aromatic heterocycles. The van der Waals surface area contributed by atoms with Crippen LogP contribution in [0.25, 0.3) is 17.1 Å². The van der Waals surface area contributed by atoms with Gasteiger partial charge in [-0.25, -0.2) is 4.98 Å². The van der Waals surface area contributed by atoms with Crippen LogP contribution in [0.5, 0.6) is 0 Å². The van der Waals surface area contributed by atoms with E-state index in [-0.39, 0.29) is 0 Å². The molecule has 26 heavy (non-hydrogen) atoms. The third-order valence-corrected chi connectivity index (χ3v) is 4.61. The summed E-state index contributed by atoms with van der Waals surface area (Å²) in [5.41, 5.74) is 1.09. The Morgan fingerprint density at radius 2 is 2.04 bits per heavy atom. The molecule has 1 aliphatic heterocycles. The van der Waals surface area contributed by atoms with Crippen LogP contribution in [0.2, 0.25) is 0 Å². The minimum Gasteiger partial charge on any atom is -0.463 e. The second-order valence-corrected chi connectivity index (χ2v) is 6.41. The van der Waals surface area contributed by atoms with E-state index >= 15 is 0 Å². The average Bonchev–Trinajstić information content (AvgIpc) is 3.16. The zero-order chi connectivity index (χ0) is 18.1. The standard InChI is InChI=1S/C18H19F3N4O/c19-18(20,21)13-4-5-16-23-17(15-3-1-10-26-15)14(25(16)11-13)12-24-8-2-6-22-7-9-24/h1,3-5,10-11,22H,2,6-9,12H2. The molecular formula is C18H19F3N4O. The van der Waals surface area contributed by atoms with Crippen molar-refractivity contribution in [2.24, 2.45) is 0 Å². The van der Waals surface area contributed by atoms with Gasteiger partial charge in [-0.1, -0.05) is 0 Å². The van der Waals surface area contributed by atoms with Crippen LogP contribution in [-0.2, 0) is 12.7 Å². The summed E-state index contributed by atoms with van der Waals surface area (Å²) < 4.78 is 46.5. The summed E-state index contributed by atoms with van der Waals surface area (Å²) in [5.74, 6) is 0.560. The molecule has 3 aromatic rings. The summed E-state index contributed by atoms with van der Waals surface area (Å²) in [7, 11) is 0. The van der Waals surface area contributed by atoms with Crippen LogP contribution in [0, 0.1) is 0 Å². The number of nitrogens with zero attached hydrogens (tertiary/aromatic N) is 3. The maximum atomic E-state index is 13.2. The van der Waals surface area contributed by atoms with E-state index in [0.29, 0.717) is 29.3 Å². The highest BCUT2D eigenvalue weighted by Gasteiger charge is 2.31. The molecule has 0 spiro atoms. The highest BCUT2D eigenvalue weighted by molar-refractivity contribution is 5.62. The Morgan fingerprint density at radius 3 is 2.81 bits per heavy atom. The summed E-state index contributed by atoms with van der Waals surface area (Å²) in [6.45, 7) is 4.05. The number of alkyl halides is 3. The second-order valence-electron chi connectivity index (χ2n) is 6.41. The summed E-state index contributed by atoms with van der Waals surface area (Å²) in [6.07, 6.45) is -0.728. The maximum absolute atomic E-state index is 13.2. The fourth-order valence-electron chi connectivity index (χ4n) is 3.29. The van der Waals surface area contributed by atoms with Crippen molar-refractivity contribution >= 4 is 5.65 Å². The van der Waals surface area contributed by atoms with Gasteiger partial charge >= 0.3 is 6.18 Å². The smallest absolute Gasteiger partial charge is 0.417 e. The zero-order valence-electron chi connectivity index (χ0n) is 14.1. The molecule has 0 aromatic carbocycles. The van der Waals surface area contributed by atoms with Gasteiger partial charge in [0, 0.05) is 25.8 Å². The Kier molecular flexibility index (Phi) is 4.46. The maximum Gasteiger partial charge on any atom is 0.417 e. The first-order chi connectivity index (χ1) is 12.5. The quantitative estimate of drug-likeness (QED) is 0.774. The molecule has 0 atom stereocenters. The molecule has 0 radical (unpaired) electrons. The van der Waals surface area contributed by atoms with Gasteiger partial charge in [-0.3, -0.25) is 4.90 Å². The van der Waals surface area contributed by atoms with Crippen LogP contribution >= 0.6 is 0 Å². The van der Waals surface area contributed by atoms with Crippen molar-refractivity contribution in [2.75, 3.05) is 26.2 Å². The molecule has 1 fully saturated rings. The predicted molar refractivity (Wildman–Crippen MR) is 90.7 cm³/mol. The van der Waals surface area contributed by atoms with Crippen LogP contribution in [0.4, 0.5) is 13.2 Å². The van der Waals surface area contributed by atoms with Gasteiger partial charge in [0.2, 0.25) is 0 Å². The summed E-state index contributed by atoms with van der Waals surface area (Å²) in [4.78, 5) is 6.76. The highest BCUT2D eigenvalue weighted by Crippen LogP contribution is 2.32. The molecule has 4 rings (SSSR count). The molecule has 138 valence electrons. The van der Waals surface area contributed by atoms with Gasteiger partial charge in [-0.2, -0.15) is 13.2 Å². The zero-order valence-corrected chi connectivity index (χ0v) is 14.1. The Labute approximate surface area is 148 Å². The number of hydrogen-bond donors (Lipinski definition) is 1. The summed E-state index contributed by atoms with van der Waals surface area (Å²) in [6, 6.07) is 6.00. The number of pyridine rings is 1. The normalized spacial score (nSPS) is 16.9. The Bertz CT molecular complexity index is 878. The van der Waals surface area contributed by atoms with Crippen molar-refractivity contribution in [3.63, 3.8) is 0 Å². The minimum atomic E-state index is -4.40. The Hall–Kier alpha value is -2.32. The number of halogens is 3. The fraction of sp³-hybridized carbons (Fsp3) is 0.389. The van der Waals surface area contributed by atoms with E-state index in [1.807, 2.05) is 0 Å². The van der Waals surface area contributed by atoms with E-state index in [2.05, 4.69) is 15.2 Å². The van der Waals surface area contributed by atoms with Crippen LogP contribution in [-0.4, -0.2) is 40.5 Å². The molecule has 5 nitrogen and oxygen atoms in total. The number of imidazole rings is 1. The van der Waals surface area contributed by atoms with E-state index in [1.54, 1.807) is 22.8 Å². The van der Waals surface area contributed by atoms with Gasteiger partial charge in [-0.05, 0) is 43.8 Å². The van der Waals surface area contributed by atoms with Gasteiger partial charge in [0.15, 0.2) is 5.76 Å². The second kappa shape index (κ2) is 6.77. The first-order valence-corrected chi connectivity index (χ1v) is 8.57. The first kappa shape index (κ1) is 17.1. The third kappa shape index (κ3) is 3.34. The molecule has 0 amide bonds. The lowest BCUT2D eigenvalue weighted by Gasteiger charge is -2.20. The van der Waals surface area contributed by atoms with Crippen LogP contribution in [0.1, 0.15) is 17.7 Å². The number of nitrogens with one attached hydrogen (secondary N) is 1. The van der Waals surface area contributed by atoms with Crippen LogP contribution in [0.15, 0.2) is 41.1 Å². The lowest BCUT2D eigenvalue weighted by Crippen LogP contribution is -2.28. The van der Waals surface area contributed by atoms with E-state index in [1.165, 1.54) is 6.07 Å². The molecule has 1 aliphatic rings. The number of rotatable bonds is 3. The summed E-state index contributed by atoms with van der Waals surface area (Å²) in [5, 5.41) is 3.33. The van der Waals surface area contributed by atoms with Crippen molar-refractivity contribution in [1.29, 1.82) is 0 Å². The van der Waals surface area contributed by atoms with Gasteiger partial charge in [0.1, 0.15) is 11.3 Å². The largest absolute Gasteiger partial charge is 0.463 e.